The van der Waals surface area contributed by atoms with E-state index in [9.17, 15) is 4.39 Å². The lowest BCUT2D eigenvalue weighted by Gasteiger charge is -2.28. The minimum atomic E-state index is -0.100. The zero-order valence-electron chi connectivity index (χ0n) is 17.5. The fourth-order valence-electron chi connectivity index (χ4n) is 4.84. The first-order chi connectivity index (χ1) is 15.2. The van der Waals surface area contributed by atoms with Gasteiger partial charge in [-0.1, -0.05) is 30.0 Å². The van der Waals surface area contributed by atoms with E-state index in [4.69, 9.17) is 0 Å². The highest BCUT2D eigenvalue weighted by Crippen LogP contribution is 2.40. The van der Waals surface area contributed by atoms with Crippen LogP contribution >= 0.6 is 11.8 Å². The standard InChI is InChI=1S/C22H26FN7S/c1-29-21(18-13-24-9-10-25-18)27-28-22(29)31-12-4-11-30-14-15-7-8-26-19(15)20(30)16-5-2-3-6-17(16)23/h2-3,5-6,9-10,13,15,19-20,26H,4,7-8,11-12,14H2,1H3. The highest BCUT2D eigenvalue weighted by atomic mass is 32.2. The maximum atomic E-state index is 14.6. The highest BCUT2D eigenvalue weighted by Gasteiger charge is 2.45. The van der Waals surface area contributed by atoms with Crippen LogP contribution in [0.2, 0.25) is 0 Å². The highest BCUT2D eigenvalue weighted by molar-refractivity contribution is 7.99. The van der Waals surface area contributed by atoms with Crippen molar-refractivity contribution in [3.8, 4) is 11.5 Å². The number of nitrogens with one attached hydrogen (secondary N) is 1. The molecular formula is C22H26FN7S. The Balaban J connectivity index is 1.21. The number of hydrogen-bond acceptors (Lipinski definition) is 7. The van der Waals surface area contributed by atoms with Crippen molar-refractivity contribution in [3.05, 3.63) is 54.2 Å². The van der Waals surface area contributed by atoms with Crippen LogP contribution in [0.15, 0.2) is 48.0 Å². The van der Waals surface area contributed by atoms with E-state index < -0.39 is 0 Å². The smallest absolute Gasteiger partial charge is 0.191 e. The van der Waals surface area contributed by atoms with E-state index in [0.29, 0.717) is 23.5 Å². The summed E-state index contributed by atoms with van der Waals surface area (Å²) in [5.41, 5.74) is 1.53. The first-order valence-electron chi connectivity index (χ1n) is 10.7. The van der Waals surface area contributed by atoms with Gasteiger partial charge in [0.25, 0.3) is 0 Å². The van der Waals surface area contributed by atoms with Crippen molar-refractivity contribution in [1.29, 1.82) is 0 Å². The van der Waals surface area contributed by atoms with Crippen molar-refractivity contribution in [2.75, 3.05) is 25.4 Å². The van der Waals surface area contributed by atoms with Crippen LogP contribution in [-0.2, 0) is 7.05 Å². The average Bonchev–Trinajstić information content (AvgIpc) is 3.47. The zero-order valence-corrected chi connectivity index (χ0v) is 18.3. The predicted molar refractivity (Wildman–Crippen MR) is 118 cm³/mol. The van der Waals surface area contributed by atoms with Crippen molar-refractivity contribution >= 4 is 11.8 Å². The third-order valence-electron chi connectivity index (χ3n) is 6.28. The molecule has 0 bridgehead atoms. The van der Waals surface area contributed by atoms with Crippen LogP contribution in [0, 0.1) is 11.7 Å². The fraction of sp³-hybridized carbons (Fsp3) is 0.455. The van der Waals surface area contributed by atoms with Crippen LogP contribution in [0.1, 0.15) is 24.4 Å². The molecule has 2 aromatic heterocycles. The van der Waals surface area contributed by atoms with Gasteiger partial charge in [0.1, 0.15) is 11.5 Å². The number of rotatable bonds is 7. The van der Waals surface area contributed by atoms with Crippen molar-refractivity contribution in [2.24, 2.45) is 13.0 Å². The Labute approximate surface area is 185 Å². The molecular weight excluding hydrogens is 413 g/mol. The topological polar surface area (TPSA) is 71.8 Å². The Morgan fingerprint density at radius 1 is 1.23 bits per heavy atom. The molecule has 0 spiro atoms. The van der Waals surface area contributed by atoms with Crippen LogP contribution in [-0.4, -0.2) is 61.1 Å². The van der Waals surface area contributed by atoms with E-state index >= 15 is 0 Å². The molecule has 0 amide bonds. The molecule has 3 unspecified atom stereocenters. The Kier molecular flexibility index (Phi) is 5.97. The van der Waals surface area contributed by atoms with Crippen LogP contribution in [0.25, 0.3) is 11.5 Å². The van der Waals surface area contributed by atoms with Crippen LogP contribution < -0.4 is 5.32 Å². The number of aromatic nitrogens is 5. The van der Waals surface area contributed by atoms with Crippen molar-refractivity contribution in [1.82, 2.24) is 34.9 Å². The number of nitrogens with zero attached hydrogens (tertiary/aromatic N) is 6. The summed E-state index contributed by atoms with van der Waals surface area (Å²) in [6.45, 7) is 3.00. The SMILES string of the molecule is Cn1c(SCCCN2CC3CCNC3C2c2ccccc2F)nnc1-c1cnccn1. The molecule has 0 radical (unpaired) electrons. The van der Waals surface area contributed by atoms with Gasteiger partial charge in [0.2, 0.25) is 0 Å². The maximum absolute atomic E-state index is 14.6. The molecule has 0 saturated carbocycles. The molecule has 1 aromatic carbocycles. The van der Waals surface area contributed by atoms with Crippen LogP contribution in [0.4, 0.5) is 4.39 Å². The monoisotopic (exact) mass is 439 g/mol. The van der Waals surface area contributed by atoms with Crippen molar-refractivity contribution < 1.29 is 4.39 Å². The number of fused-ring (bicyclic) bond motifs is 1. The van der Waals surface area contributed by atoms with Gasteiger partial charge in [-0.25, -0.2) is 9.37 Å². The summed E-state index contributed by atoms with van der Waals surface area (Å²) in [6.07, 6.45) is 7.17. The van der Waals surface area contributed by atoms with E-state index in [-0.39, 0.29) is 11.9 Å². The first-order valence-corrected chi connectivity index (χ1v) is 11.7. The fourth-order valence-corrected chi connectivity index (χ4v) is 5.68. The summed E-state index contributed by atoms with van der Waals surface area (Å²) in [5.74, 6) is 2.14. The van der Waals surface area contributed by atoms with E-state index in [1.807, 2.05) is 23.7 Å². The summed E-state index contributed by atoms with van der Waals surface area (Å²) < 4.78 is 16.5. The molecule has 2 aliphatic rings. The van der Waals surface area contributed by atoms with Gasteiger partial charge in [0.15, 0.2) is 11.0 Å². The van der Waals surface area contributed by atoms with Crippen molar-refractivity contribution in [2.45, 2.75) is 30.1 Å². The third kappa shape index (κ3) is 4.09. The van der Waals surface area contributed by atoms with Gasteiger partial charge in [-0.2, -0.15) is 0 Å². The lowest BCUT2D eigenvalue weighted by atomic mass is 9.95. The molecule has 1 N–H and O–H groups in total. The molecule has 0 aliphatic carbocycles. The van der Waals surface area contributed by atoms with Gasteiger partial charge in [0.05, 0.1) is 12.2 Å². The third-order valence-corrected chi connectivity index (χ3v) is 7.38. The molecule has 31 heavy (non-hydrogen) atoms. The Morgan fingerprint density at radius 3 is 2.97 bits per heavy atom. The van der Waals surface area contributed by atoms with E-state index in [0.717, 1.165) is 42.5 Å². The van der Waals surface area contributed by atoms with Gasteiger partial charge in [-0.05, 0) is 37.9 Å². The van der Waals surface area contributed by atoms with Crippen LogP contribution in [0.3, 0.4) is 0 Å². The van der Waals surface area contributed by atoms with Gasteiger partial charge in [-0.15, -0.1) is 10.2 Å². The second-order valence-corrected chi connectivity index (χ2v) is 9.21. The molecule has 162 valence electrons. The van der Waals surface area contributed by atoms with Crippen LogP contribution in [0.5, 0.6) is 0 Å². The first kappa shape index (κ1) is 20.5. The summed E-state index contributed by atoms with van der Waals surface area (Å²) in [7, 11) is 1.95. The minimum absolute atomic E-state index is 0.100. The van der Waals surface area contributed by atoms with Gasteiger partial charge < -0.3 is 9.88 Å². The largest absolute Gasteiger partial charge is 0.312 e. The predicted octanol–water partition coefficient (Wildman–Crippen LogP) is 2.93. The van der Waals surface area contributed by atoms with E-state index in [1.54, 1.807) is 42.5 Å². The number of benzene rings is 1. The summed E-state index contributed by atoms with van der Waals surface area (Å²) in [5, 5.41) is 13.1. The molecule has 9 heteroatoms. The number of hydrogen-bond donors (Lipinski definition) is 1. The second-order valence-electron chi connectivity index (χ2n) is 8.15. The maximum Gasteiger partial charge on any atom is 0.191 e. The minimum Gasteiger partial charge on any atom is -0.312 e. The second kappa shape index (κ2) is 9.02. The quantitative estimate of drug-likeness (QED) is 0.448. The Bertz CT molecular complexity index is 1030. The molecule has 2 fully saturated rings. The summed E-state index contributed by atoms with van der Waals surface area (Å²) in [6, 6.07) is 7.68. The van der Waals surface area contributed by atoms with E-state index in [2.05, 4.69) is 30.4 Å². The molecule has 2 aliphatic heterocycles. The van der Waals surface area contributed by atoms with Gasteiger partial charge in [-0.3, -0.25) is 9.88 Å². The number of halogens is 1. The molecule has 3 aromatic rings. The molecule has 5 rings (SSSR count). The molecule has 4 heterocycles. The number of likely N-dealkylation sites (tertiary alicyclic amines) is 1. The van der Waals surface area contributed by atoms with Crippen molar-refractivity contribution in [3.63, 3.8) is 0 Å². The average molecular weight is 440 g/mol. The van der Waals surface area contributed by atoms with Gasteiger partial charge in [0, 0.05) is 43.3 Å². The lowest BCUT2D eigenvalue weighted by molar-refractivity contribution is 0.231. The Hall–Kier alpha value is -2.36. The molecule has 3 atom stereocenters. The molecule has 2 saturated heterocycles. The molecule has 7 nitrogen and oxygen atoms in total. The van der Waals surface area contributed by atoms with Gasteiger partial charge >= 0.3 is 0 Å². The normalized spacial score (nSPS) is 23.4. The lowest BCUT2D eigenvalue weighted by Crippen LogP contribution is -2.35. The summed E-state index contributed by atoms with van der Waals surface area (Å²) >= 11 is 1.69. The summed E-state index contributed by atoms with van der Waals surface area (Å²) in [4.78, 5) is 10.9. The number of thioether (sulfide) groups is 1. The zero-order chi connectivity index (χ0) is 21.2. The van der Waals surface area contributed by atoms with E-state index in [1.165, 1.54) is 6.42 Å². The Morgan fingerprint density at radius 2 is 2.13 bits per heavy atom.